The lowest BCUT2D eigenvalue weighted by Gasteiger charge is -2.14. The Bertz CT molecular complexity index is 960. The van der Waals surface area contributed by atoms with E-state index in [4.69, 9.17) is 9.47 Å². The van der Waals surface area contributed by atoms with Gasteiger partial charge in [0.1, 0.15) is 0 Å². The van der Waals surface area contributed by atoms with Gasteiger partial charge in [0.25, 0.3) is 5.91 Å². The number of carbonyl (C=O) groups excluding carboxylic acids is 1. The molecule has 6 heteroatoms. The first-order valence-electron chi connectivity index (χ1n) is 9.40. The van der Waals surface area contributed by atoms with E-state index in [2.05, 4.69) is 26.2 Å². The Hall–Kier alpha value is -2.86. The van der Waals surface area contributed by atoms with Gasteiger partial charge >= 0.3 is 0 Å². The van der Waals surface area contributed by atoms with Crippen molar-refractivity contribution in [1.29, 1.82) is 0 Å². The number of carbonyl (C=O) groups is 1. The molecule has 3 aromatic rings. The van der Waals surface area contributed by atoms with E-state index < -0.39 is 0 Å². The van der Waals surface area contributed by atoms with Gasteiger partial charge in [-0.05, 0) is 76.3 Å². The summed E-state index contributed by atoms with van der Waals surface area (Å²) in [7, 11) is 1.56. The minimum Gasteiger partial charge on any atom is -0.493 e. The predicted octanol–water partition coefficient (Wildman–Crippen LogP) is 5.48. The summed E-state index contributed by atoms with van der Waals surface area (Å²) in [5.74, 6) is 0.907. The molecule has 0 bridgehead atoms. The smallest absolute Gasteiger partial charge is 0.255 e. The zero-order valence-electron chi connectivity index (χ0n) is 16.4. The van der Waals surface area contributed by atoms with Crippen LogP contribution in [0, 0.1) is 0 Å². The summed E-state index contributed by atoms with van der Waals surface area (Å²) in [6.07, 6.45) is 5.28. The number of benzene rings is 2. The summed E-state index contributed by atoms with van der Waals surface area (Å²) >= 11 is 3.47. The van der Waals surface area contributed by atoms with Gasteiger partial charge in [0.15, 0.2) is 11.5 Å². The zero-order chi connectivity index (χ0) is 20.6. The van der Waals surface area contributed by atoms with Crippen LogP contribution in [0.25, 0.3) is 0 Å². The molecule has 1 aromatic heterocycles. The maximum Gasteiger partial charge on any atom is 0.255 e. The molecule has 0 fully saturated rings. The summed E-state index contributed by atoms with van der Waals surface area (Å²) in [4.78, 5) is 16.7. The fourth-order valence-electron chi connectivity index (χ4n) is 2.84. The van der Waals surface area contributed by atoms with E-state index in [-0.39, 0.29) is 5.91 Å². The van der Waals surface area contributed by atoms with E-state index in [0.29, 0.717) is 28.1 Å². The number of nitrogens with one attached hydrogen (secondary N) is 1. The first kappa shape index (κ1) is 20.9. The molecule has 0 aliphatic rings. The number of rotatable bonds is 8. The highest BCUT2D eigenvalue weighted by atomic mass is 79.9. The Labute approximate surface area is 179 Å². The Morgan fingerprint density at radius 3 is 2.41 bits per heavy atom. The number of hydrogen-bond donors (Lipinski definition) is 1. The summed E-state index contributed by atoms with van der Waals surface area (Å²) in [5, 5.41) is 2.92. The molecule has 0 radical (unpaired) electrons. The van der Waals surface area contributed by atoms with E-state index in [1.807, 2.05) is 43.3 Å². The Morgan fingerprint density at radius 1 is 1.07 bits per heavy atom. The molecular weight excluding hydrogens is 432 g/mol. The third-order valence-electron chi connectivity index (χ3n) is 4.31. The first-order chi connectivity index (χ1) is 14.1. The van der Waals surface area contributed by atoms with Crippen LogP contribution in [0.4, 0.5) is 5.69 Å². The number of halogens is 1. The van der Waals surface area contributed by atoms with Crippen LogP contribution >= 0.6 is 15.9 Å². The van der Waals surface area contributed by atoms with Crippen molar-refractivity contribution in [2.45, 2.75) is 19.8 Å². The van der Waals surface area contributed by atoms with Crippen LogP contribution in [-0.4, -0.2) is 24.6 Å². The standard InChI is InChI=1S/C23H23BrN2O3/c1-3-12-29-22-20(24)14-18(15-21(22)28-2)23(27)26-19-6-4-16(5-7-19)13-17-8-10-25-11-9-17/h4-11,14-15H,3,12-13H2,1-2H3,(H,26,27). The maximum absolute atomic E-state index is 12.7. The summed E-state index contributed by atoms with van der Waals surface area (Å²) in [6, 6.07) is 15.2. The lowest BCUT2D eigenvalue weighted by Crippen LogP contribution is -2.12. The predicted molar refractivity (Wildman–Crippen MR) is 118 cm³/mol. The van der Waals surface area contributed by atoms with Gasteiger partial charge in [-0.25, -0.2) is 0 Å². The monoisotopic (exact) mass is 454 g/mol. The van der Waals surface area contributed by atoms with Gasteiger partial charge in [-0.3, -0.25) is 9.78 Å². The highest BCUT2D eigenvalue weighted by Gasteiger charge is 2.16. The second-order valence-electron chi connectivity index (χ2n) is 6.52. The number of hydrogen-bond acceptors (Lipinski definition) is 4. The van der Waals surface area contributed by atoms with Crippen molar-refractivity contribution in [3.8, 4) is 11.5 Å². The van der Waals surface area contributed by atoms with Crippen molar-refractivity contribution in [3.63, 3.8) is 0 Å². The van der Waals surface area contributed by atoms with E-state index in [1.165, 1.54) is 5.56 Å². The van der Waals surface area contributed by atoms with Gasteiger partial charge in [-0.2, -0.15) is 0 Å². The van der Waals surface area contributed by atoms with Crippen molar-refractivity contribution in [2.24, 2.45) is 0 Å². The second-order valence-corrected chi connectivity index (χ2v) is 7.38. The second kappa shape index (κ2) is 10.1. The molecule has 1 heterocycles. The van der Waals surface area contributed by atoms with Gasteiger partial charge in [0.2, 0.25) is 0 Å². The lowest BCUT2D eigenvalue weighted by atomic mass is 10.1. The van der Waals surface area contributed by atoms with Gasteiger partial charge in [-0.15, -0.1) is 0 Å². The van der Waals surface area contributed by atoms with Crippen LogP contribution in [0.1, 0.15) is 34.8 Å². The summed E-state index contributed by atoms with van der Waals surface area (Å²) in [5.41, 5.74) is 3.57. The SMILES string of the molecule is CCCOc1c(Br)cc(C(=O)Nc2ccc(Cc3ccncc3)cc2)cc1OC. The largest absolute Gasteiger partial charge is 0.493 e. The number of methoxy groups -OCH3 is 1. The Morgan fingerprint density at radius 2 is 1.76 bits per heavy atom. The molecule has 0 saturated heterocycles. The number of nitrogens with zero attached hydrogens (tertiary/aromatic N) is 1. The number of ether oxygens (including phenoxy) is 2. The highest BCUT2D eigenvalue weighted by Crippen LogP contribution is 2.37. The zero-order valence-corrected chi connectivity index (χ0v) is 18.0. The normalized spacial score (nSPS) is 10.4. The minimum atomic E-state index is -0.215. The molecule has 0 spiro atoms. The third kappa shape index (κ3) is 5.57. The van der Waals surface area contributed by atoms with Gasteiger partial charge < -0.3 is 14.8 Å². The van der Waals surface area contributed by atoms with Crippen molar-refractivity contribution >= 4 is 27.5 Å². The molecule has 0 saturated carbocycles. The lowest BCUT2D eigenvalue weighted by molar-refractivity contribution is 0.102. The van der Waals surface area contributed by atoms with E-state index >= 15 is 0 Å². The third-order valence-corrected chi connectivity index (χ3v) is 4.90. The van der Waals surface area contributed by atoms with Crippen LogP contribution in [0.5, 0.6) is 11.5 Å². The molecule has 0 aliphatic heterocycles. The molecule has 0 aliphatic carbocycles. The van der Waals surface area contributed by atoms with Crippen molar-refractivity contribution in [1.82, 2.24) is 4.98 Å². The van der Waals surface area contributed by atoms with Crippen molar-refractivity contribution in [2.75, 3.05) is 19.0 Å². The van der Waals surface area contributed by atoms with E-state index in [9.17, 15) is 4.79 Å². The van der Waals surface area contributed by atoms with Crippen molar-refractivity contribution in [3.05, 3.63) is 82.1 Å². The molecule has 2 aromatic carbocycles. The Balaban J connectivity index is 1.70. The number of amides is 1. The van der Waals surface area contributed by atoms with Crippen LogP contribution in [0.2, 0.25) is 0 Å². The average molecular weight is 455 g/mol. The van der Waals surface area contributed by atoms with Crippen LogP contribution in [0.3, 0.4) is 0 Å². The first-order valence-corrected chi connectivity index (χ1v) is 10.2. The molecule has 3 rings (SSSR count). The highest BCUT2D eigenvalue weighted by molar-refractivity contribution is 9.10. The van der Waals surface area contributed by atoms with Crippen molar-refractivity contribution < 1.29 is 14.3 Å². The quantitative estimate of drug-likeness (QED) is 0.489. The van der Waals surface area contributed by atoms with Gasteiger partial charge in [0.05, 0.1) is 18.2 Å². The fraction of sp³-hybridized carbons (Fsp3) is 0.217. The molecule has 29 heavy (non-hydrogen) atoms. The Kier molecular flexibility index (Phi) is 7.25. The molecule has 1 N–H and O–H groups in total. The fourth-order valence-corrected chi connectivity index (χ4v) is 3.40. The van der Waals surface area contributed by atoms with E-state index in [0.717, 1.165) is 24.1 Å². The minimum absolute atomic E-state index is 0.215. The maximum atomic E-state index is 12.7. The van der Waals surface area contributed by atoms with Gasteiger partial charge in [0, 0.05) is 23.6 Å². The molecule has 0 unspecified atom stereocenters. The summed E-state index contributed by atoms with van der Waals surface area (Å²) in [6.45, 7) is 2.61. The molecule has 0 atom stereocenters. The molecule has 150 valence electrons. The number of anilines is 1. The molecular formula is C23H23BrN2O3. The molecule has 5 nitrogen and oxygen atoms in total. The van der Waals surface area contributed by atoms with E-state index in [1.54, 1.807) is 31.6 Å². The molecule has 1 amide bonds. The van der Waals surface area contributed by atoms with Crippen LogP contribution in [-0.2, 0) is 6.42 Å². The average Bonchev–Trinajstić information content (AvgIpc) is 2.74. The topological polar surface area (TPSA) is 60.5 Å². The number of pyridine rings is 1. The summed E-state index contributed by atoms with van der Waals surface area (Å²) < 4.78 is 11.8. The van der Waals surface area contributed by atoms with Crippen LogP contribution < -0.4 is 14.8 Å². The van der Waals surface area contributed by atoms with Crippen LogP contribution in [0.15, 0.2) is 65.4 Å². The number of aromatic nitrogens is 1. The van der Waals surface area contributed by atoms with Gasteiger partial charge in [-0.1, -0.05) is 19.1 Å².